The molecule has 0 bridgehead atoms. The van der Waals surface area contributed by atoms with Crippen molar-refractivity contribution < 1.29 is 9.18 Å². The van der Waals surface area contributed by atoms with Gasteiger partial charge in [0.25, 0.3) is 5.91 Å². The summed E-state index contributed by atoms with van der Waals surface area (Å²) >= 11 is 0. The lowest BCUT2D eigenvalue weighted by Gasteiger charge is -2.44. The van der Waals surface area contributed by atoms with E-state index in [4.69, 9.17) is 5.73 Å². The van der Waals surface area contributed by atoms with E-state index >= 15 is 0 Å². The third kappa shape index (κ3) is 3.93. The van der Waals surface area contributed by atoms with Crippen molar-refractivity contribution in [3.8, 4) is 11.1 Å². The Morgan fingerprint density at radius 2 is 1.93 bits per heavy atom. The highest BCUT2D eigenvalue weighted by molar-refractivity contribution is 7.27. The van der Waals surface area contributed by atoms with Gasteiger partial charge in [0.1, 0.15) is 11.9 Å². The molecule has 0 saturated heterocycles. The van der Waals surface area contributed by atoms with E-state index in [1.165, 1.54) is 6.20 Å². The Bertz CT molecular complexity index is 1040. The fraction of sp³-hybridized carbons (Fsp3) is 0.250. The van der Waals surface area contributed by atoms with Gasteiger partial charge in [0.2, 0.25) is 5.95 Å². The van der Waals surface area contributed by atoms with Crippen LogP contribution in [0.4, 0.5) is 10.3 Å². The van der Waals surface area contributed by atoms with Crippen molar-refractivity contribution in [1.29, 1.82) is 0 Å². The summed E-state index contributed by atoms with van der Waals surface area (Å²) in [6.45, 7) is 0.492. The molecule has 9 heteroatoms. The van der Waals surface area contributed by atoms with Crippen molar-refractivity contribution >= 4 is 26.4 Å². The second-order valence-electron chi connectivity index (χ2n) is 7.17. The standard InChI is InChI=1S/C20H20FN6OP/c21-14-7-20(8-14,17-16(29)2-1-4-24-17)11-27-19-25-9-13(10-26-19)12-3-5-23-15(6-12)18(22)28/h1-6,9-10,14H,7-8,11,29H2,(H2,22,28)(H,25,26,27)/t14-,20-. The van der Waals surface area contributed by atoms with Crippen LogP contribution in [-0.2, 0) is 5.41 Å². The molecule has 1 fully saturated rings. The van der Waals surface area contributed by atoms with Crippen molar-refractivity contribution in [3.05, 3.63) is 60.4 Å². The smallest absolute Gasteiger partial charge is 0.267 e. The van der Waals surface area contributed by atoms with Gasteiger partial charge in [-0.25, -0.2) is 14.4 Å². The zero-order chi connectivity index (χ0) is 20.4. The number of pyridine rings is 2. The van der Waals surface area contributed by atoms with Crippen molar-refractivity contribution in [2.24, 2.45) is 5.73 Å². The number of nitrogens with one attached hydrogen (secondary N) is 1. The minimum atomic E-state index is -0.822. The Labute approximate surface area is 169 Å². The Morgan fingerprint density at radius 1 is 1.17 bits per heavy atom. The molecule has 3 aromatic heterocycles. The molecule has 3 aromatic rings. The molecule has 1 aliphatic carbocycles. The van der Waals surface area contributed by atoms with Gasteiger partial charge in [-0.3, -0.25) is 14.8 Å². The molecule has 3 N–H and O–H groups in total. The van der Waals surface area contributed by atoms with Gasteiger partial charge in [0.05, 0.1) is 5.69 Å². The molecule has 1 aliphatic rings. The number of carbonyl (C=O) groups is 1. The molecule has 1 unspecified atom stereocenters. The summed E-state index contributed by atoms with van der Waals surface area (Å²) in [6.07, 6.45) is 6.58. The first-order valence-electron chi connectivity index (χ1n) is 9.14. The summed E-state index contributed by atoms with van der Waals surface area (Å²) in [5.41, 5.74) is 7.45. The number of anilines is 1. The number of nitrogens with zero attached hydrogens (tertiary/aromatic N) is 4. The number of aromatic nitrogens is 4. The zero-order valence-electron chi connectivity index (χ0n) is 15.5. The Morgan fingerprint density at radius 3 is 2.59 bits per heavy atom. The second-order valence-corrected chi connectivity index (χ2v) is 7.79. The number of halogens is 1. The van der Waals surface area contributed by atoms with Gasteiger partial charge in [-0.05, 0) is 41.9 Å². The molecular formula is C20H20FN6OP. The number of nitrogens with two attached hydrogens (primary N) is 1. The minimum Gasteiger partial charge on any atom is -0.364 e. The normalized spacial score (nSPS) is 20.7. The van der Waals surface area contributed by atoms with Crippen molar-refractivity contribution in [2.75, 3.05) is 11.9 Å². The summed E-state index contributed by atoms with van der Waals surface area (Å²) in [5, 5.41) is 4.19. The summed E-state index contributed by atoms with van der Waals surface area (Å²) in [6, 6.07) is 7.18. The molecule has 29 heavy (non-hydrogen) atoms. The highest BCUT2D eigenvalue weighted by Gasteiger charge is 2.47. The largest absolute Gasteiger partial charge is 0.364 e. The Hall–Kier alpha value is -2.99. The molecule has 0 aromatic carbocycles. The van der Waals surface area contributed by atoms with E-state index in [2.05, 4.69) is 34.5 Å². The quantitative estimate of drug-likeness (QED) is 0.602. The van der Waals surface area contributed by atoms with Gasteiger partial charge in [-0.15, -0.1) is 9.24 Å². The van der Waals surface area contributed by atoms with Crippen LogP contribution in [0.15, 0.2) is 49.1 Å². The van der Waals surface area contributed by atoms with Crippen molar-refractivity contribution in [1.82, 2.24) is 19.9 Å². The van der Waals surface area contributed by atoms with Crippen molar-refractivity contribution in [2.45, 2.75) is 24.4 Å². The zero-order valence-corrected chi connectivity index (χ0v) is 16.7. The fourth-order valence-corrected chi connectivity index (χ4v) is 4.12. The average molecular weight is 410 g/mol. The third-order valence-corrected chi connectivity index (χ3v) is 5.61. The summed E-state index contributed by atoms with van der Waals surface area (Å²) < 4.78 is 13.8. The van der Waals surface area contributed by atoms with Crippen LogP contribution in [0.3, 0.4) is 0 Å². The molecule has 1 atom stereocenters. The lowest BCUT2D eigenvalue weighted by Crippen LogP contribution is -2.50. The maximum atomic E-state index is 13.8. The molecule has 148 valence electrons. The lowest BCUT2D eigenvalue weighted by atomic mass is 9.65. The molecule has 0 radical (unpaired) electrons. The number of hydrogen-bond donors (Lipinski definition) is 2. The number of primary amides is 1. The number of amides is 1. The van der Waals surface area contributed by atoms with E-state index < -0.39 is 12.1 Å². The van der Waals surface area contributed by atoms with Crippen LogP contribution in [0.5, 0.6) is 0 Å². The molecule has 0 aliphatic heterocycles. The van der Waals surface area contributed by atoms with Gasteiger partial charge >= 0.3 is 0 Å². The minimum absolute atomic E-state index is 0.181. The molecule has 3 heterocycles. The van der Waals surface area contributed by atoms with E-state index in [0.29, 0.717) is 25.3 Å². The van der Waals surface area contributed by atoms with E-state index in [9.17, 15) is 9.18 Å². The number of carbonyl (C=O) groups excluding carboxylic acids is 1. The summed E-state index contributed by atoms with van der Waals surface area (Å²) in [4.78, 5) is 28.4. The van der Waals surface area contributed by atoms with E-state index in [1.54, 1.807) is 30.7 Å². The van der Waals surface area contributed by atoms with Gasteiger partial charge in [-0.2, -0.15) is 0 Å². The second kappa shape index (κ2) is 7.79. The molecular weight excluding hydrogens is 390 g/mol. The van der Waals surface area contributed by atoms with Gasteiger partial charge < -0.3 is 11.1 Å². The molecule has 1 saturated carbocycles. The predicted molar refractivity (Wildman–Crippen MR) is 112 cm³/mol. The molecule has 0 spiro atoms. The fourth-order valence-electron chi connectivity index (χ4n) is 3.63. The highest BCUT2D eigenvalue weighted by atomic mass is 31.0. The number of rotatable bonds is 6. The monoisotopic (exact) mass is 410 g/mol. The molecule has 7 nitrogen and oxygen atoms in total. The van der Waals surface area contributed by atoms with Crippen molar-refractivity contribution in [3.63, 3.8) is 0 Å². The van der Waals surface area contributed by atoms with Crippen LogP contribution < -0.4 is 16.4 Å². The first-order valence-corrected chi connectivity index (χ1v) is 9.72. The number of hydrogen-bond acceptors (Lipinski definition) is 6. The maximum Gasteiger partial charge on any atom is 0.267 e. The number of alkyl halides is 1. The van der Waals surface area contributed by atoms with Crippen LogP contribution in [-0.4, -0.2) is 38.6 Å². The summed E-state index contributed by atoms with van der Waals surface area (Å²) in [5.74, 6) is -0.146. The average Bonchev–Trinajstić information content (AvgIpc) is 2.71. The topological polar surface area (TPSA) is 107 Å². The van der Waals surface area contributed by atoms with E-state index in [1.807, 2.05) is 12.1 Å². The molecule has 4 rings (SSSR count). The predicted octanol–water partition coefficient (Wildman–Crippen LogP) is 2.01. The van der Waals surface area contributed by atoms with Crippen LogP contribution in [0.1, 0.15) is 29.0 Å². The Balaban J connectivity index is 1.50. The van der Waals surface area contributed by atoms with Gasteiger partial charge in [-0.1, -0.05) is 6.07 Å². The van der Waals surface area contributed by atoms with Crippen LogP contribution in [0, 0.1) is 0 Å². The van der Waals surface area contributed by atoms with E-state index in [0.717, 1.165) is 22.1 Å². The van der Waals surface area contributed by atoms with E-state index in [-0.39, 0.29) is 11.1 Å². The van der Waals surface area contributed by atoms with Crippen LogP contribution >= 0.6 is 9.24 Å². The molecule has 1 amide bonds. The lowest BCUT2D eigenvalue weighted by molar-refractivity contribution is 0.0993. The summed E-state index contributed by atoms with van der Waals surface area (Å²) in [7, 11) is 2.67. The van der Waals surface area contributed by atoms with Crippen LogP contribution in [0.25, 0.3) is 11.1 Å². The van der Waals surface area contributed by atoms with Gasteiger partial charge in [0, 0.05) is 42.3 Å². The first-order chi connectivity index (χ1) is 14.0. The Kier molecular flexibility index (Phi) is 5.20. The first kappa shape index (κ1) is 19.3. The SMILES string of the molecule is NC(=O)c1cc(-c2cnc(NC[C@]3(c4ncccc4P)C[C@H](F)C3)nc2)ccn1. The third-order valence-electron chi connectivity index (χ3n) is 5.15. The maximum absolute atomic E-state index is 13.8. The highest BCUT2D eigenvalue weighted by Crippen LogP contribution is 2.44. The van der Waals surface area contributed by atoms with Crippen LogP contribution in [0.2, 0.25) is 0 Å². The van der Waals surface area contributed by atoms with Gasteiger partial charge in [0.15, 0.2) is 0 Å².